The summed E-state index contributed by atoms with van der Waals surface area (Å²) in [5, 5.41) is 19.3. The van der Waals surface area contributed by atoms with Crippen LogP contribution < -0.4 is 0 Å². The molecule has 2 aromatic rings. The second-order valence-electron chi connectivity index (χ2n) is 12.4. The van der Waals surface area contributed by atoms with Gasteiger partial charge in [-0.15, -0.1) is 0 Å². The number of benzene rings is 2. The monoisotopic (exact) mass is 566 g/mol. The second-order valence-corrected chi connectivity index (χ2v) is 12.4. The standard InChI is InChI=1S/C32H38O9/c1-31(2)29(38)32(3,4)30(31)41-28(37)24-15-13-23(14-16-24)27(36)40-18-20-7-5-19(6-8-20)17-39-26(35)22-11-9-21(10-12-22)25(33)34/h9-16,19-20,29-30,38H,5-8,17-18H2,1-4H3,(H,33,34). The van der Waals surface area contributed by atoms with E-state index in [1.54, 1.807) is 24.3 Å². The van der Waals surface area contributed by atoms with Gasteiger partial charge in [0.25, 0.3) is 0 Å². The van der Waals surface area contributed by atoms with E-state index < -0.39 is 46.9 Å². The van der Waals surface area contributed by atoms with E-state index in [4.69, 9.17) is 19.3 Å². The summed E-state index contributed by atoms with van der Waals surface area (Å²) in [7, 11) is 0. The molecule has 2 fully saturated rings. The first-order valence-electron chi connectivity index (χ1n) is 14.0. The molecule has 0 aliphatic heterocycles. The highest BCUT2D eigenvalue weighted by molar-refractivity contribution is 5.94. The van der Waals surface area contributed by atoms with Crippen LogP contribution in [0.5, 0.6) is 0 Å². The molecule has 0 amide bonds. The van der Waals surface area contributed by atoms with Crippen molar-refractivity contribution in [2.24, 2.45) is 22.7 Å². The predicted molar refractivity (Wildman–Crippen MR) is 149 cm³/mol. The van der Waals surface area contributed by atoms with Crippen molar-refractivity contribution in [3.8, 4) is 0 Å². The van der Waals surface area contributed by atoms with Crippen LogP contribution in [-0.2, 0) is 14.2 Å². The van der Waals surface area contributed by atoms with Gasteiger partial charge in [-0.25, -0.2) is 19.2 Å². The Morgan fingerprint density at radius 2 is 1.00 bits per heavy atom. The Labute approximate surface area is 239 Å². The van der Waals surface area contributed by atoms with Gasteiger partial charge in [-0.05, 0) is 86.1 Å². The van der Waals surface area contributed by atoms with Crippen LogP contribution in [0.3, 0.4) is 0 Å². The lowest BCUT2D eigenvalue weighted by atomic mass is 9.51. The topological polar surface area (TPSA) is 136 Å². The van der Waals surface area contributed by atoms with Crippen molar-refractivity contribution in [2.75, 3.05) is 13.2 Å². The smallest absolute Gasteiger partial charge is 0.338 e. The minimum atomic E-state index is -1.05. The Bertz CT molecular complexity index is 1250. The highest BCUT2D eigenvalue weighted by Crippen LogP contribution is 2.55. The van der Waals surface area contributed by atoms with E-state index >= 15 is 0 Å². The first kappa shape index (κ1) is 30.2. The average Bonchev–Trinajstić information content (AvgIpc) is 2.97. The summed E-state index contributed by atoms with van der Waals surface area (Å²) >= 11 is 0. The zero-order chi connectivity index (χ0) is 29.9. The number of hydrogen-bond donors (Lipinski definition) is 2. The summed E-state index contributed by atoms with van der Waals surface area (Å²) in [6, 6.07) is 11.8. The van der Waals surface area contributed by atoms with Crippen LogP contribution in [-0.4, -0.2) is 59.5 Å². The van der Waals surface area contributed by atoms with Gasteiger partial charge in [-0.2, -0.15) is 0 Å². The molecule has 0 spiro atoms. The van der Waals surface area contributed by atoms with Crippen LogP contribution >= 0.6 is 0 Å². The third-order valence-corrected chi connectivity index (χ3v) is 8.58. The third kappa shape index (κ3) is 6.62. The molecule has 220 valence electrons. The quantitative estimate of drug-likeness (QED) is 0.312. The molecule has 0 aromatic heterocycles. The van der Waals surface area contributed by atoms with Gasteiger partial charge in [0.1, 0.15) is 6.10 Å². The molecule has 2 aliphatic rings. The Balaban J connectivity index is 1.17. The second kappa shape index (κ2) is 12.0. The van der Waals surface area contributed by atoms with Gasteiger partial charge in [-0.3, -0.25) is 0 Å². The molecule has 0 saturated heterocycles. The molecule has 2 aromatic carbocycles. The van der Waals surface area contributed by atoms with Gasteiger partial charge in [-0.1, -0.05) is 27.7 Å². The van der Waals surface area contributed by atoms with Crippen molar-refractivity contribution >= 4 is 23.9 Å². The fourth-order valence-corrected chi connectivity index (χ4v) is 6.20. The maximum Gasteiger partial charge on any atom is 0.338 e. The number of carboxylic acid groups (broad SMARTS) is 1. The summed E-state index contributed by atoms with van der Waals surface area (Å²) in [5.74, 6) is -2.06. The average molecular weight is 567 g/mol. The lowest BCUT2D eigenvalue weighted by molar-refractivity contribution is -0.246. The molecular weight excluding hydrogens is 528 g/mol. The van der Waals surface area contributed by atoms with Crippen LogP contribution in [0.25, 0.3) is 0 Å². The summed E-state index contributed by atoms with van der Waals surface area (Å²) in [4.78, 5) is 48.5. The number of carbonyl (C=O) groups is 4. The van der Waals surface area contributed by atoms with Crippen molar-refractivity contribution in [3.05, 3.63) is 70.8 Å². The van der Waals surface area contributed by atoms with Gasteiger partial charge in [0, 0.05) is 10.8 Å². The van der Waals surface area contributed by atoms with Crippen LogP contribution in [0.4, 0.5) is 0 Å². The molecule has 0 bridgehead atoms. The summed E-state index contributed by atoms with van der Waals surface area (Å²) in [6.45, 7) is 8.06. The molecule has 0 heterocycles. The lowest BCUT2D eigenvalue weighted by Crippen LogP contribution is -2.68. The molecule has 2 aliphatic carbocycles. The number of carbonyl (C=O) groups excluding carboxylic acids is 3. The summed E-state index contributed by atoms with van der Waals surface area (Å²) in [6.07, 6.45) is 2.37. The molecule has 0 atom stereocenters. The Hall–Kier alpha value is -3.72. The van der Waals surface area contributed by atoms with Gasteiger partial charge in [0.05, 0.1) is 41.6 Å². The third-order valence-electron chi connectivity index (χ3n) is 8.58. The van der Waals surface area contributed by atoms with Gasteiger partial charge in [0.2, 0.25) is 0 Å². The fourth-order valence-electron chi connectivity index (χ4n) is 6.20. The Morgan fingerprint density at radius 3 is 1.37 bits per heavy atom. The fraction of sp³-hybridized carbons (Fsp3) is 0.500. The maximum atomic E-state index is 12.7. The molecule has 0 radical (unpaired) electrons. The molecule has 9 nitrogen and oxygen atoms in total. The highest BCUT2D eigenvalue weighted by Gasteiger charge is 2.63. The summed E-state index contributed by atoms with van der Waals surface area (Å²) < 4.78 is 16.7. The van der Waals surface area contributed by atoms with Crippen molar-refractivity contribution in [1.29, 1.82) is 0 Å². The molecule has 2 saturated carbocycles. The van der Waals surface area contributed by atoms with Gasteiger partial charge >= 0.3 is 23.9 Å². The molecule has 4 rings (SSSR count). The van der Waals surface area contributed by atoms with E-state index in [2.05, 4.69) is 0 Å². The van der Waals surface area contributed by atoms with E-state index in [1.165, 1.54) is 24.3 Å². The number of aliphatic hydroxyl groups excluding tert-OH is 1. The van der Waals surface area contributed by atoms with E-state index in [-0.39, 0.29) is 24.0 Å². The van der Waals surface area contributed by atoms with Crippen LogP contribution in [0, 0.1) is 22.7 Å². The molecule has 9 heteroatoms. The van der Waals surface area contributed by atoms with Gasteiger partial charge < -0.3 is 24.4 Å². The highest BCUT2D eigenvalue weighted by atomic mass is 16.6. The molecule has 2 N–H and O–H groups in total. The number of aromatic carboxylic acids is 1. The van der Waals surface area contributed by atoms with Crippen molar-refractivity contribution in [1.82, 2.24) is 0 Å². The van der Waals surface area contributed by atoms with E-state index in [0.717, 1.165) is 25.7 Å². The van der Waals surface area contributed by atoms with Crippen LogP contribution in [0.1, 0.15) is 94.8 Å². The zero-order valence-corrected chi connectivity index (χ0v) is 23.9. The van der Waals surface area contributed by atoms with Crippen molar-refractivity contribution < 1.29 is 43.6 Å². The van der Waals surface area contributed by atoms with Gasteiger partial charge in [0.15, 0.2) is 0 Å². The van der Waals surface area contributed by atoms with Crippen molar-refractivity contribution in [3.63, 3.8) is 0 Å². The lowest BCUT2D eigenvalue weighted by Gasteiger charge is -2.60. The number of ether oxygens (including phenoxy) is 3. The number of hydrogen-bond acceptors (Lipinski definition) is 8. The van der Waals surface area contributed by atoms with Crippen molar-refractivity contribution in [2.45, 2.75) is 65.6 Å². The minimum Gasteiger partial charge on any atom is -0.478 e. The normalized spacial score (nSPS) is 24.4. The largest absolute Gasteiger partial charge is 0.478 e. The number of esters is 3. The van der Waals surface area contributed by atoms with Crippen LogP contribution in [0.15, 0.2) is 48.5 Å². The Kier molecular flexibility index (Phi) is 8.87. The van der Waals surface area contributed by atoms with Crippen LogP contribution in [0.2, 0.25) is 0 Å². The Morgan fingerprint density at radius 1 is 0.659 bits per heavy atom. The molecule has 41 heavy (non-hydrogen) atoms. The number of carboxylic acids is 1. The summed E-state index contributed by atoms with van der Waals surface area (Å²) in [5.41, 5.74) is 0.0155. The van der Waals surface area contributed by atoms with E-state index in [0.29, 0.717) is 23.3 Å². The maximum absolute atomic E-state index is 12.7. The first-order valence-corrected chi connectivity index (χ1v) is 14.0. The van der Waals surface area contributed by atoms with E-state index in [9.17, 15) is 24.3 Å². The van der Waals surface area contributed by atoms with E-state index in [1.807, 2.05) is 27.7 Å². The first-order chi connectivity index (χ1) is 19.3. The zero-order valence-electron chi connectivity index (χ0n) is 23.9. The number of aliphatic hydroxyl groups is 1. The predicted octanol–water partition coefficient (Wildman–Crippen LogP) is 5.16. The molecular formula is C32H38O9. The number of rotatable bonds is 9. The molecule has 0 unspecified atom stereocenters. The SMILES string of the molecule is CC1(C)C(O)C(C)(C)C1OC(=O)c1ccc(C(=O)OCC2CCC(COC(=O)c3ccc(C(=O)O)cc3)CC2)cc1. The minimum absolute atomic E-state index is 0.108.